The van der Waals surface area contributed by atoms with Gasteiger partial charge in [0.15, 0.2) is 11.5 Å². The molecule has 0 bridgehead atoms. The second-order valence-corrected chi connectivity index (χ2v) is 8.10. The number of para-hydroxylation sites is 1. The van der Waals surface area contributed by atoms with Crippen molar-refractivity contribution < 1.29 is 19.2 Å². The minimum Gasteiger partial charge on any atom is -0.493 e. The van der Waals surface area contributed by atoms with E-state index in [2.05, 4.69) is 21.2 Å². The van der Waals surface area contributed by atoms with Crippen LogP contribution in [0.25, 0.3) is 6.08 Å². The van der Waals surface area contributed by atoms with E-state index in [0.717, 1.165) is 5.56 Å². The SMILES string of the molecule is COc1cc(/C=C(\C#N)C(=O)Nc2ccccc2Cl)c(Br)cc1OCc1ccc([N+](=O)[O-])cc1. The Morgan fingerprint density at radius 2 is 1.91 bits per heavy atom. The van der Waals surface area contributed by atoms with Crippen molar-refractivity contribution in [1.29, 1.82) is 5.26 Å². The molecule has 0 spiro atoms. The zero-order valence-electron chi connectivity index (χ0n) is 17.7. The number of hydrogen-bond acceptors (Lipinski definition) is 6. The predicted octanol–water partition coefficient (Wildman–Crippen LogP) is 6.14. The Balaban J connectivity index is 1.80. The average Bonchev–Trinajstić information content (AvgIpc) is 2.83. The maximum Gasteiger partial charge on any atom is 0.269 e. The van der Waals surface area contributed by atoms with Crippen molar-refractivity contribution in [2.45, 2.75) is 6.61 Å². The van der Waals surface area contributed by atoms with Crippen molar-refractivity contribution >= 4 is 50.9 Å². The largest absolute Gasteiger partial charge is 0.493 e. The highest BCUT2D eigenvalue weighted by Crippen LogP contribution is 2.35. The van der Waals surface area contributed by atoms with Crippen LogP contribution in [0, 0.1) is 21.4 Å². The van der Waals surface area contributed by atoms with Crippen molar-refractivity contribution in [3.63, 3.8) is 0 Å². The van der Waals surface area contributed by atoms with Crippen LogP contribution in [0.4, 0.5) is 11.4 Å². The van der Waals surface area contributed by atoms with Crippen molar-refractivity contribution in [3.8, 4) is 17.6 Å². The first-order valence-corrected chi connectivity index (χ1v) is 10.9. The van der Waals surface area contributed by atoms with Crippen LogP contribution in [0.2, 0.25) is 5.02 Å². The number of hydrogen-bond donors (Lipinski definition) is 1. The summed E-state index contributed by atoms with van der Waals surface area (Å²) in [6.07, 6.45) is 1.42. The normalized spacial score (nSPS) is 10.8. The summed E-state index contributed by atoms with van der Waals surface area (Å²) in [5.41, 5.74) is 1.50. The highest BCUT2D eigenvalue weighted by molar-refractivity contribution is 9.10. The Kier molecular flexibility index (Phi) is 8.24. The van der Waals surface area contributed by atoms with Gasteiger partial charge in [-0.25, -0.2) is 0 Å². The maximum absolute atomic E-state index is 12.6. The lowest BCUT2D eigenvalue weighted by molar-refractivity contribution is -0.384. The van der Waals surface area contributed by atoms with Gasteiger partial charge >= 0.3 is 0 Å². The number of amides is 1. The van der Waals surface area contributed by atoms with E-state index in [-0.39, 0.29) is 17.9 Å². The number of halogens is 2. The number of benzene rings is 3. The molecule has 0 saturated carbocycles. The van der Waals surface area contributed by atoms with E-state index in [0.29, 0.717) is 32.2 Å². The van der Waals surface area contributed by atoms with E-state index in [1.165, 1.54) is 25.3 Å². The lowest BCUT2D eigenvalue weighted by Crippen LogP contribution is -2.13. The molecule has 0 aliphatic carbocycles. The van der Waals surface area contributed by atoms with Gasteiger partial charge in [0.2, 0.25) is 0 Å². The van der Waals surface area contributed by atoms with Crippen LogP contribution in [0.15, 0.2) is 70.7 Å². The van der Waals surface area contributed by atoms with Crippen LogP contribution in [0.1, 0.15) is 11.1 Å². The van der Waals surface area contributed by atoms with Gasteiger partial charge in [0.1, 0.15) is 18.2 Å². The van der Waals surface area contributed by atoms with Crippen molar-refractivity contribution in [3.05, 3.63) is 97.0 Å². The Labute approximate surface area is 208 Å². The zero-order chi connectivity index (χ0) is 24.7. The maximum atomic E-state index is 12.6. The number of ether oxygens (including phenoxy) is 2. The van der Waals surface area contributed by atoms with E-state index >= 15 is 0 Å². The zero-order valence-corrected chi connectivity index (χ0v) is 20.1. The fourth-order valence-electron chi connectivity index (χ4n) is 2.87. The van der Waals surface area contributed by atoms with Gasteiger partial charge in [0.05, 0.1) is 22.7 Å². The van der Waals surface area contributed by atoms with Crippen LogP contribution in [0.3, 0.4) is 0 Å². The number of methoxy groups -OCH3 is 1. The molecule has 0 saturated heterocycles. The molecule has 34 heavy (non-hydrogen) atoms. The number of nitrogens with zero attached hydrogens (tertiary/aromatic N) is 2. The fraction of sp³-hybridized carbons (Fsp3) is 0.0833. The van der Waals surface area contributed by atoms with Crippen LogP contribution in [-0.2, 0) is 11.4 Å². The summed E-state index contributed by atoms with van der Waals surface area (Å²) < 4.78 is 11.8. The molecule has 3 aromatic rings. The number of nitrogens with one attached hydrogen (secondary N) is 1. The first-order valence-electron chi connectivity index (χ1n) is 9.73. The summed E-state index contributed by atoms with van der Waals surface area (Å²) in [5, 5.41) is 23.3. The van der Waals surface area contributed by atoms with E-state index in [9.17, 15) is 20.2 Å². The van der Waals surface area contributed by atoms with Gasteiger partial charge in [-0.05, 0) is 53.6 Å². The molecule has 0 aromatic heterocycles. The molecule has 0 unspecified atom stereocenters. The highest BCUT2D eigenvalue weighted by atomic mass is 79.9. The minimum absolute atomic E-state index is 0.00733. The van der Waals surface area contributed by atoms with E-state index in [4.69, 9.17) is 21.1 Å². The first-order chi connectivity index (χ1) is 16.3. The van der Waals surface area contributed by atoms with Gasteiger partial charge in [-0.3, -0.25) is 14.9 Å². The molecule has 0 aliphatic rings. The number of nitro groups is 1. The second kappa shape index (κ2) is 11.3. The van der Waals surface area contributed by atoms with Gasteiger partial charge in [0, 0.05) is 16.6 Å². The Hall–Kier alpha value is -3.87. The number of anilines is 1. The van der Waals surface area contributed by atoms with Gasteiger partial charge in [-0.15, -0.1) is 0 Å². The van der Waals surface area contributed by atoms with Crippen LogP contribution >= 0.6 is 27.5 Å². The quantitative estimate of drug-likeness (QED) is 0.158. The molecule has 8 nitrogen and oxygen atoms in total. The van der Waals surface area contributed by atoms with E-state index in [1.54, 1.807) is 48.5 Å². The molecule has 0 aliphatic heterocycles. The highest BCUT2D eigenvalue weighted by Gasteiger charge is 2.15. The fourth-order valence-corrected chi connectivity index (χ4v) is 3.48. The van der Waals surface area contributed by atoms with Crippen molar-refractivity contribution in [2.24, 2.45) is 0 Å². The summed E-state index contributed by atoms with van der Waals surface area (Å²) >= 11 is 9.50. The lowest BCUT2D eigenvalue weighted by Gasteiger charge is -2.13. The summed E-state index contributed by atoms with van der Waals surface area (Å²) in [4.78, 5) is 22.9. The summed E-state index contributed by atoms with van der Waals surface area (Å²) in [6, 6.07) is 17.9. The topological polar surface area (TPSA) is 114 Å². The van der Waals surface area contributed by atoms with Gasteiger partial charge in [-0.2, -0.15) is 5.26 Å². The number of nitriles is 1. The monoisotopic (exact) mass is 541 g/mol. The third-order valence-electron chi connectivity index (χ3n) is 4.61. The van der Waals surface area contributed by atoms with Crippen LogP contribution < -0.4 is 14.8 Å². The van der Waals surface area contributed by atoms with Crippen molar-refractivity contribution in [1.82, 2.24) is 0 Å². The Bertz CT molecular complexity index is 1300. The van der Waals surface area contributed by atoms with Gasteiger partial charge in [-0.1, -0.05) is 39.7 Å². The molecule has 0 heterocycles. The number of non-ortho nitro benzene ring substituents is 1. The molecular formula is C24H17BrClN3O5. The number of carbonyl (C=O) groups is 1. The van der Waals surface area contributed by atoms with Crippen LogP contribution in [-0.4, -0.2) is 17.9 Å². The predicted molar refractivity (Wildman–Crippen MR) is 132 cm³/mol. The van der Waals surface area contributed by atoms with E-state index in [1.807, 2.05) is 6.07 Å². The average molecular weight is 543 g/mol. The number of nitro benzene ring substituents is 1. The smallest absolute Gasteiger partial charge is 0.269 e. The third-order valence-corrected chi connectivity index (χ3v) is 5.63. The third kappa shape index (κ3) is 6.13. The molecule has 3 aromatic carbocycles. The molecule has 3 rings (SSSR count). The molecule has 1 N–H and O–H groups in total. The molecule has 1 amide bonds. The summed E-state index contributed by atoms with van der Waals surface area (Å²) in [6.45, 7) is 0.152. The number of carbonyl (C=O) groups excluding carboxylic acids is 1. The molecule has 172 valence electrons. The summed E-state index contributed by atoms with van der Waals surface area (Å²) in [5.74, 6) is 0.170. The minimum atomic E-state index is -0.611. The standard InChI is InChI=1S/C24H17BrClN3O5/c1-33-22-11-16(10-17(13-27)24(30)28-21-5-3-2-4-20(21)26)19(25)12-23(22)34-14-15-6-8-18(9-7-15)29(31)32/h2-12H,14H2,1H3,(H,28,30)/b17-10+. The Morgan fingerprint density at radius 1 is 1.21 bits per heavy atom. The summed E-state index contributed by atoms with van der Waals surface area (Å²) in [7, 11) is 1.46. The molecule has 10 heteroatoms. The lowest BCUT2D eigenvalue weighted by atomic mass is 10.1. The van der Waals surface area contributed by atoms with Crippen molar-refractivity contribution in [2.75, 3.05) is 12.4 Å². The second-order valence-electron chi connectivity index (χ2n) is 6.84. The molecule has 0 atom stereocenters. The van der Waals surface area contributed by atoms with E-state index < -0.39 is 10.8 Å². The molecule has 0 fully saturated rings. The van der Waals surface area contributed by atoms with Gasteiger partial charge in [0.25, 0.3) is 11.6 Å². The van der Waals surface area contributed by atoms with Gasteiger partial charge < -0.3 is 14.8 Å². The molecule has 0 radical (unpaired) electrons. The number of rotatable bonds is 8. The first kappa shape index (κ1) is 24.8. The van der Waals surface area contributed by atoms with Crippen LogP contribution in [0.5, 0.6) is 11.5 Å². The Morgan fingerprint density at radius 3 is 2.53 bits per heavy atom. The molecular weight excluding hydrogens is 526 g/mol.